The highest BCUT2D eigenvalue weighted by atomic mass is 16.5. The van der Waals surface area contributed by atoms with Gasteiger partial charge < -0.3 is 14.6 Å². The van der Waals surface area contributed by atoms with Gasteiger partial charge in [0.25, 0.3) is 5.91 Å². The fourth-order valence-corrected chi connectivity index (χ4v) is 3.13. The Morgan fingerprint density at radius 2 is 2.12 bits per heavy atom. The molecule has 1 N–H and O–H groups in total. The third kappa shape index (κ3) is 1.39. The van der Waals surface area contributed by atoms with Crippen molar-refractivity contribution < 1.29 is 9.53 Å². The molecule has 1 aliphatic heterocycles. The molecule has 1 aliphatic carbocycles. The Morgan fingerprint density at radius 3 is 2.82 bits per heavy atom. The van der Waals surface area contributed by atoms with Gasteiger partial charge in [0.05, 0.1) is 7.11 Å². The lowest BCUT2D eigenvalue weighted by Gasteiger charge is -2.22. The van der Waals surface area contributed by atoms with E-state index in [1.807, 2.05) is 0 Å². The quantitative estimate of drug-likeness (QED) is 0.797. The number of aromatic nitrogens is 1. The highest BCUT2D eigenvalue weighted by molar-refractivity contribution is 5.97. The molecule has 0 saturated heterocycles. The van der Waals surface area contributed by atoms with Gasteiger partial charge in [-0.05, 0) is 18.3 Å². The zero-order valence-electron chi connectivity index (χ0n) is 10.6. The minimum absolute atomic E-state index is 0.000283. The fourth-order valence-electron chi connectivity index (χ4n) is 3.13. The number of amides is 1. The second kappa shape index (κ2) is 3.28. The normalized spacial score (nSPS) is 20.8. The molecule has 3 rings (SSSR count). The number of hydrogen-bond acceptors (Lipinski definition) is 2. The summed E-state index contributed by atoms with van der Waals surface area (Å²) < 4.78 is 7.63. The molecule has 1 amide bonds. The predicted octanol–water partition coefficient (Wildman–Crippen LogP) is 1.36. The van der Waals surface area contributed by atoms with Crippen molar-refractivity contribution in [1.82, 2.24) is 9.88 Å². The zero-order chi connectivity index (χ0) is 12.2. The lowest BCUT2D eigenvalue weighted by atomic mass is 9.90. The SMILES string of the molecule is COc1c2c(n3c1C(=O)NCC3)CC(C)(C)C2. The molecule has 92 valence electrons. The molecule has 2 aliphatic rings. The first-order valence-electron chi connectivity index (χ1n) is 6.10. The monoisotopic (exact) mass is 234 g/mol. The average molecular weight is 234 g/mol. The van der Waals surface area contributed by atoms with E-state index in [9.17, 15) is 4.79 Å². The van der Waals surface area contributed by atoms with Crippen molar-refractivity contribution in [2.45, 2.75) is 33.2 Å². The molecule has 2 heterocycles. The van der Waals surface area contributed by atoms with E-state index in [4.69, 9.17) is 4.74 Å². The van der Waals surface area contributed by atoms with Crippen LogP contribution in [0.15, 0.2) is 0 Å². The molecule has 0 radical (unpaired) electrons. The summed E-state index contributed by atoms with van der Waals surface area (Å²) in [5.74, 6) is 0.795. The average Bonchev–Trinajstić information content (AvgIpc) is 2.70. The molecule has 0 aromatic carbocycles. The molecule has 4 nitrogen and oxygen atoms in total. The van der Waals surface area contributed by atoms with Gasteiger partial charge in [-0.1, -0.05) is 13.8 Å². The third-order valence-corrected chi connectivity index (χ3v) is 3.77. The molecule has 0 fully saturated rings. The Hall–Kier alpha value is -1.45. The van der Waals surface area contributed by atoms with E-state index >= 15 is 0 Å². The van der Waals surface area contributed by atoms with E-state index < -0.39 is 0 Å². The summed E-state index contributed by atoms with van der Waals surface area (Å²) in [7, 11) is 1.66. The second-order valence-corrected chi connectivity index (χ2v) is 5.73. The molecule has 0 unspecified atom stereocenters. The van der Waals surface area contributed by atoms with Crippen LogP contribution in [0.1, 0.15) is 35.6 Å². The molecule has 17 heavy (non-hydrogen) atoms. The molecule has 0 atom stereocenters. The highest BCUT2D eigenvalue weighted by Gasteiger charge is 2.39. The maximum Gasteiger partial charge on any atom is 0.271 e. The van der Waals surface area contributed by atoms with Crippen molar-refractivity contribution in [1.29, 1.82) is 0 Å². The van der Waals surface area contributed by atoms with E-state index in [2.05, 4.69) is 23.7 Å². The van der Waals surface area contributed by atoms with Crippen molar-refractivity contribution in [2.24, 2.45) is 5.41 Å². The number of nitrogens with zero attached hydrogens (tertiary/aromatic N) is 1. The van der Waals surface area contributed by atoms with E-state index in [0.717, 1.165) is 37.4 Å². The van der Waals surface area contributed by atoms with Crippen LogP contribution in [0.4, 0.5) is 0 Å². The minimum atomic E-state index is 0.000283. The summed E-state index contributed by atoms with van der Waals surface area (Å²) in [6.45, 7) is 6.12. The second-order valence-electron chi connectivity index (χ2n) is 5.73. The van der Waals surface area contributed by atoms with Gasteiger partial charge in [0.2, 0.25) is 0 Å². The van der Waals surface area contributed by atoms with Crippen LogP contribution in [0.2, 0.25) is 0 Å². The molecule has 1 aromatic rings. The van der Waals surface area contributed by atoms with Crippen LogP contribution < -0.4 is 10.1 Å². The summed E-state index contributed by atoms with van der Waals surface area (Å²) in [6.07, 6.45) is 2.03. The van der Waals surface area contributed by atoms with Crippen LogP contribution >= 0.6 is 0 Å². The predicted molar refractivity (Wildman–Crippen MR) is 64.5 cm³/mol. The van der Waals surface area contributed by atoms with Crippen molar-refractivity contribution in [3.63, 3.8) is 0 Å². The van der Waals surface area contributed by atoms with Gasteiger partial charge in [0.1, 0.15) is 5.69 Å². The Bertz CT molecular complexity index is 475. The van der Waals surface area contributed by atoms with Gasteiger partial charge in [-0.3, -0.25) is 4.79 Å². The van der Waals surface area contributed by atoms with Crippen molar-refractivity contribution in [2.75, 3.05) is 13.7 Å². The van der Waals surface area contributed by atoms with Crippen molar-refractivity contribution in [3.8, 4) is 5.75 Å². The number of carbonyl (C=O) groups is 1. The molecular weight excluding hydrogens is 216 g/mol. The highest BCUT2D eigenvalue weighted by Crippen LogP contribution is 2.44. The van der Waals surface area contributed by atoms with Crippen LogP contribution in [-0.2, 0) is 19.4 Å². The Kier molecular flexibility index (Phi) is 2.06. The number of ether oxygens (including phenoxy) is 1. The van der Waals surface area contributed by atoms with Gasteiger partial charge in [0, 0.05) is 24.3 Å². The topological polar surface area (TPSA) is 43.3 Å². The lowest BCUT2D eigenvalue weighted by molar-refractivity contribution is 0.0922. The molecule has 0 bridgehead atoms. The third-order valence-electron chi connectivity index (χ3n) is 3.77. The number of hydrogen-bond donors (Lipinski definition) is 1. The first kappa shape index (κ1) is 10.7. The number of nitrogens with one attached hydrogen (secondary N) is 1. The summed E-state index contributed by atoms with van der Waals surface area (Å²) in [5, 5.41) is 2.88. The number of fused-ring (bicyclic) bond motifs is 3. The van der Waals surface area contributed by atoms with Crippen LogP contribution in [0.25, 0.3) is 0 Å². The van der Waals surface area contributed by atoms with Crippen molar-refractivity contribution in [3.05, 3.63) is 17.0 Å². The van der Waals surface area contributed by atoms with E-state index in [1.54, 1.807) is 7.11 Å². The van der Waals surface area contributed by atoms with E-state index in [1.165, 1.54) is 11.3 Å². The summed E-state index contributed by atoms with van der Waals surface area (Å²) in [6, 6.07) is 0. The lowest BCUT2D eigenvalue weighted by Crippen LogP contribution is -2.36. The van der Waals surface area contributed by atoms with E-state index in [-0.39, 0.29) is 11.3 Å². The fraction of sp³-hybridized carbons (Fsp3) is 0.615. The first-order chi connectivity index (χ1) is 8.03. The van der Waals surface area contributed by atoms with Crippen LogP contribution in [0.5, 0.6) is 5.75 Å². The minimum Gasteiger partial charge on any atom is -0.494 e. The van der Waals surface area contributed by atoms with Crippen LogP contribution in [-0.4, -0.2) is 24.1 Å². The number of methoxy groups -OCH3 is 1. The Balaban J connectivity index is 2.20. The molecule has 1 aromatic heterocycles. The van der Waals surface area contributed by atoms with Crippen molar-refractivity contribution >= 4 is 5.91 Å². The molecule has 0 saturated carbocycles. The number of carbonyl (C=O) groups excluding carboxylic acids is 1. The molecular formula is C13H18N2O2. The van der Waals surface area contributed by atoms with E-state index in [0.29, 0.717) is 0 Å². The number of rotatable bonds is 1. The Labute approximate surface area is 101 Å². The van der Waals surface area contributed by atoms with Crippen LogP contribution in [0, 0.1) is 5.41 Å². The largest absolute Gasteiger partial charge is 0.494 e. The molecule has 0 spiro atoms. The maximum atomic E-state index is 11.9. The maximum absolute atomic E-state index is 11.9. The summed E-state index contributed by atoms with van der Waals surface area (Å²) >= 11 is 0. The zero-order valence-corrected chi connectivity index (χ0v) is 10.6. The van der Waals surface area contributed by atoms with Gasteiger partial charge in [-0.2, -0.15) is 0 Å². The smallest absolute Gasteiger partial charge is 0.271 e. The summed E-state index contributed by atoms with van der Waals surface area (Å²) in [4.78, 5) is 11.9. The summed E-state index contributed by atoms with van der Waals surface area (Å²) in [5.41, 5.74) is 3.55. The van der Waals surface area contributed by atoms with Gasteiger partial charge in [-0.25, -0.2) is 0 Å². The van der Waals surface area contributed by atoms with Gasteiger partial charge >= 0.3 is 0 Å². The van der Waals surface area contributed by atoms with Gasteiger partial charge in [0.15, 0.2) is 5.75 Å². The Morgan fingerprint density at radius 1 is 1.35 bits per heavy atom. The standard InChI is InChI=1S/C13H18N2O2/c1-13(2)6-8-9(7-13)15-5-4-14-12(16)10(15)11(8)17-3/h4-7H2,1-3H3,(H,14,16). The van der Waals surface area contributed by atoms with Gasteiger partial charge in [-0.15, -0.1) is 0 Å². The van der Waals surface area contributed by atoms with Crippen LogP contribution in [0.3, 0.4) is 0 Å². The molecule has 4 heteroatoms. The first-order valence-corrected chi connectivity index (χ1v) is 6.10.